The van der Waals surface area contributed by atoms with E-state index in [1.54, 1.807) is 13.8 Å². The molecule has 0 saturated heterocycles. The van der Waals surface area contributed by atoms with Crippen molar-refractivity contribution in [3.05, 3.63) is 29.2 Å². The van der Waals surface area contributed by atoms with Crippen LogP contribution in [0.3, 0.4) is 0 Å². The Hall–Kier alpha value is -2.65. The molecule has 2 aromatic heterocycles. The predicted molar refractivity (Wildman–Crippen MR) is 138 cm³/mol. The average Bonchev–Trinajstić information content (AvgIpc) is 3.18. The van der Waals surface area contributed by atoms with Crippen LogP contribution in [0.5, 0.6) is 5.75 Å². The first-order valence-corrected chi connectivity index (χ1v) is 14.0. The van der Waals surface area contributed by atoms with E-state index >= 15 is 0 Å². The number of hydrogen-bond acceptors (Lipinski definition) is 5. The van der Waals surface area contributed by atoms with Gasteiger partial charge in [0.25, 0.3) is 5.91 Å². The van der Waals surface area contributed by atoms with Crippen LogP contribution >= 0.6 is 0 Å². The lowest BCUT2D eigenvalue weighted by Gasteiger charge is -2.28. The largest absolute Gasteiger partial charge is 0.434 e. The number of carbonyl (C=O) groups excluding carboxylic acids is 1. The Morgan fingerprint density at radius 1 is 1.25 bits per heavy atom. The molecule has 1 amide bonds. The van der Waals surface area contributed by atoms with Gasteiger partial charge in [-0.15, -0.1) is 0 Å². The van der Waals surface area contributed by atoms with E-state index in [-0.39, 0.29) is 41.2 Å². The van der Waals surface area contributed by atoms with Crippen LogP contribution in [0.25, 0.3) is 11.3 Å². The van der Waals surface area contributed by atoms with Gasteiger partial charge in [0.05, 0.1) is 16.7 Å². The number of nitrogens with zero attached hydrogens (tertiary/aromatic N) is 3. The van der Waals surface area contributed by atoms with E-state index in [9.17, 15) is 31.0 Å². The van der Waals surface area contributed by atoms with Crippen LogP contribution in [-0.4, -0.2) is 54.8 Å². The van der Waals surface area contributed by atoms with E-state index in [1.165, 1.54) is 10.9 Å². The van der Waals surface area contributed by atoms with Gasteiger partial charge in [-0.25, -0.2) is 8.93 Å². The first kappa shape index (κ1) is 31.9. The summed E-state index contributed by atoms with van der Waals surface area (Å²) in [6.45, 7) is 2.73. The molecule has 1 unspecified atom stereocenters. The normalized spacial score (nSPS) is 19.1. The number of hydrogen-bond donors (Lipinski definition) is 3. The number of aromatic nitrogens is 3. The van der Waals surface area contributed by atoms with Crippen molar-refractivity contribution in [1.82, 2.24) is 24.8 Å². The van der Waals surface area contributed by atoms with Crippen molar-refractivity contribution in [1.29, 1.82) is 0 Å². The highest BCUT2D eigenvalue weighted by molar-refractivity contribution is 7.77. The molecule has 1 aliphatic rings. The Balaban J connectivity index is 1.83. The van der Waals surface area contributed by atoms with Crippen molar-refractivity contribution in [2.75, 3.05) is 6.54 Å². The first-order chi connectivity index (χ1) is 18.6. The average molecular weight is 596 g/mol. The van der Waals surface area contributed by atoms with Crippen LogP contribution in [0.2, 0.25) is 0 Å². The third-order valence-electron chi connectivity index (χ3n) is 7.15. The number of amides is 1. The third-order valence-corrected chi connectivity index (χ3v) is 7.69. The second-order valence-electron chi connectivity index (χ2n) is 10.5. The summed E-state index contributed by atoms with van der Waals surface area (Å²) >= 11 is -2.08. The molecule has 1 atom stereocenters. The molecule has 9 nitrogen and oxygen atoms in total. The summed E-state index contributed by atoms with van der Waals surface area (Å²) in [6.07, 6.45) is -1.03. The van der Waals surface area contributed by atoms with Gasteiger partial charge in [-0.1, -0.05) is 13.8 Å². The minimum Gasteiger partial charge on any atom is -0.434 e. The van der Waals surface area contributed by atoms with Gasteiger partial charge in [-0.05, 0) is 45.4 Å². The van der Waals surface area contributed by atoms with Gasteiger partial charge in [0.15, 0.2) is 5.69 Å². The summed E-state index contributed by atoms with van der Waals surface area (Å²) in [4.78, 5) is 17.2. The van der Waals surface area contributed by atoms with Gasteiger partial charge in [0.2, 0.25) is 11.3 Å². The molecule has 0 aliphatic heterocycles. The molecule has 0 spiro atoms. The summed E-state index contributed by atoms with van der Waals surface area (Å²) in [5.41, 5.74) is -1.40. The molecule has 2 aromatic rings. The number of carbonyl (C=O) groups is 1. The minimum absolute atomic E-state index is 0.0629. The van der Waals surface area contributed by atoms with Crippen molar-refractivity contribution in [2.24, 2.45) is 11.3 Å². The monoisotopic (exact) mass is 595 g/mol. The van der Waals surface area contributed by atoms with E-state index in [1.807, 2.05) is 0 Å². The first-order valence-electron chi connectivity index (χ1n) is 12.9. The lowest BCUT2D eigenvalue weighted by atomic mass is 9.86. The lowest BCUT2D eigenvalue weighted by molar-refractivity contribution is -0.211. The Bertz CT molecular complexity index is 1210. The molecule has 2 heterocycles. The summed E-state index contributed by atoms with van der Waals surface area (Å²) in [7, 11) is 0. The van der Waals surface area contributed by atoms with E-state index in [0.717, 1.165) is 32.8 Å². The second-order valence-corrected chi connectivity index (χ2v) is 11.3. The molecule has 0 aromatic carbocycles. The number of rotatable bonds is 11. The van der Waals surface area contributed by atoms with E-state index in [2.05, 4.69) is 24.9 Å². The zero-order chi connectivity index (χ0) is 29.8. The molecule has 224 valence electrons. The Kier molecular flexibility index (Phi) is 10.3. The summed E-state index contributed by atoms with van der Waals surface area (Å²) in [5, 5.41) is 7.22. The molecule has 0 radical (unpaired) electrons. The Labute approximate surface area is 231 Å². The zero-order valence-electron chi connectivity index (χ0n) is 22.6. The van der Waals surface area contributed by atoms with Crippen LogP contribution in [0.15, 0.2) is 12.3 Å². The van der Waals surface area contributed by atoms with Gasteiger partial charge >= 0.3 is 12.8 Å². The fourth-order valence-electron chi connectivity index (χ4n) is 4.78. The third kappa shape index (κ3) is 7.75. The van der Waals surface area contributed by atoms with Gasteiger partial charge < -0.3 is 10.1 Å². The molecule has 1 saturated carbocycles. The van der Waals surface area contributed by atoms with Crippen molar-refractivity contribution >= 4 is 17.2 Å². The van der Waals surface area contributed by atoms with Crippen molar-refractivity contribution < 1.29 is 40.2 Å². The van der Waals surface area contributed by atoms with Gasteiger partial charge in [0, 0.05) is 49.1 Å². The lowest BCUT2D eigenvalue weighted by Crippen LogP contribution is -2.37. The standard InChI is InChI=1S/C25H34F5N5O4S/c1-5-35-21(18-13-31-17(10-19(18)39-23(26)27)11-24(3,4)25(28,29)30)14(2)20(33-35)22(36)32-12-15-6-8-16(9-7-15)34-40(37)38/h10,13,15-16,23,34H,5-9,11-12H2,1-4H3,(H,32,36)(H,37,38). The topological polar surface area (TPSA) is 118 Å². The molecule has 3 N–H and O–H groups in total. The van der Waals surface area contributed by atoms with Crippen LogP contribution in [-0.2, 0) is 24.2 Å². The van der Waals surface area contributed by atoms with Crippen LogP contribution in [0, 0.1) is 18.3 Å². The number of alkyl halides is 5. The fourth-order valence-corrected chi connectivity index (χ4v) is 5.30. The number of nitrogens with one attached hydrogen (secondary N) is 2. The van der Waals surface area contributed by atoms with E-state index < -0.39 is 41.8 Å². The summed E-state index contributed by atoms with van der Waals surface area (Å²) in [5.74, 6) is -0.654. The molecule has 3 rings (SSSR count). The minimum atomic E-state index is -4.54. The molecule has 1 fully saturated rings. The van der Waals surface area contributed by atoms with Crippen LogP contribution < -0.4 is 14.8 Å². The molecule has 1 aliphatic carbocycles. The second kappa shape index (κ2) is 12.9. The van der Waals surface area contributed by atoms with Crippen molar-refractivity contribution in [3.63, 3.8) is 0 Å². The zero-order valence-corrected chi connectivity index (χ0v) is 23.5. The maximum Gasteiger partial charge on any atom is 0.394 e. The van der Waals surface area contributed by atoms with Crippen molar-refractivity contribution in [3.8, 4) is 17.0 Å². The highest BCUT2D eigenvalue weighted by Gasteiger charge is 2.47. The van der Waals surface area contributed by atoms with Gasteiger partial charge in [-0.3, -0.25) is 19.0 Å². The van der Waals surface area contributed by atoms with Crippen molar-refractivity contribution in [2.45, 2.75) is 85.2 Å². The number of aryl methyl sites for hydroxylation is 1. The van der Waals surface area contributed by atoms with Gasteiger partial charge in [-0.2, -0.15) is 27.1 Å². The molecule has 0 bridgehead atoms. The molecule has 15 heteroatoms. The van der Waals surface area contributed by atoms with E-state index in [4.69, 9.17) is 4.55 Å². The quantitative estimate of drug-likeness (QED) is 0.248. The smallest absolute Gasteiger partial charge is 0.394 e. The highest BCUT2D eigenvalue weighted by atomic mass is 32.2. The SMILES string of the molecule is CCn1nc(C(=O)NCC2CCC(NS(=O)O)CC2)c(C)c1-c1cnc(CC(C)(C)C(F)(F)F)cc1OC(F)F. The predicted octanol–water partition coefficient (Wildman–Crippen LogP) is 5.02. The Morgan fingerprint density at radius 2 is 1.90 bits per heavy atom. The van der Waals surface area contributed by atoms with Crippen LogP contribution in [0.1, 0.15) is 68.2 Å². The maximum absolute atomic E-state index is 13.4. The number of halogens is 5. The van der Waals surface area contributed by atoms with Crippen LogP contribution in [0.4, 0.5) is 22.0 Å². The fraction of sp³-hybridized carbons (Fsp3) is 0.640. The summed E-state index contributed by atoms with van der Waals surface area (Å²) in [6, 6.07) is 1.01. The number of pyridine rings is 1. The highest BCUT2D eigenvalue weighted by Crippen LogP contribution is 2.41. The number of ether oxygens (including phenoxy) is 1. The molecular weight excluding hydrogens is 561 g/mol. The summed E-state index contributed by atoms with van der Waals surface area (Å²) < 4.78 is 95.4. The molecular formula is C25H34F5N5O4S. The van der Waals surface area contributed by atoms with Gasteiger partial charge in [0.1, 0.15) is 5.75 Å². The Morgan fingerprint density at radius 3 is 2.45 bits per heavy atom. The van der Waals surface area contributed by atoms with E-state index in [0.29, 0.717) is 30.6 Å². The molecule has 40 heavy (non-hydrogen) atoms. The maximum atomic E-state index is 13.4.